The van der Waals surface area contributed by atoms with E-state index in [1.165, 1.54) is 36.1 Å². The highest BCUT2D eigenvalue weighted by Gasteiger charge is 2.28. The Morgan fingerprint density at radius 2 is 2.05 bits per heavy atom. The monoisotopic (exact) mass is 260 g/mol. The first-order valence-electron chi connectivity index (χ1n) is 7.55. The summed E-state index contributed by atoms with van der Waals surface area (Å²) < 4.78 is 0. The number of benzene rings is 1. The third-order valence-electron chi connectivity index (χ3n) is 4.49. The van der Waals surface area contributed by atoms with Crippen LogP contribution in [0.25, 0.3) is 0 Å². The van der Waals surface area contributed by atoms with Gasteiger partial charge in [-0.25, -0.2) is 0 Å². The normalized spacial score (nSPS) is 20.9. The second-order valence-electron chi connectivity index (χ2n) is 6.02. The molecule has 0 aromatic heterocycles. The maximum atomic E-state index is 10.5. The molecular weight excluding hydrogens is 236 g/mol. The van der Waals surface area contributed by atoms with Crippen molar-refractivity contribution in [2.24, 2.45) is 0 Å². The first-order chi connectivity index (χ1) is 9.27. The van der Waals surface area contributed by atoms with Crippen molar-refractivity contribution in [3.05, 3.63) is 29.3 Å². The van der Waals surface area contributed by atoms with Crippen LogP contribution < -0.4 is 10.6 Å². The van der Waals surface area contributed by atoms with E-state index in [0.29, 0.717) is 0 Å². The highest BCUT2D eigenvalue weighted by atomic mass is 16.3. The van der Waals surface area contributed by atoms with Gasteiger partial charge in [0.1, 0.15) is 0 Å². The largest absolute Gasteiger partial charge is 0.389 e. The first kappa shape index (κ1) is 12.9. The van der Waals surface area contributed by atoms with Crippen molar-refractivity contribution in [3.8, 4) is 0 Å². The van der Waals surface area contributed by atoms with Crippen molar-refractivity contribution in [2.45, 2.75) is 50.7 Å². The van der Waals surface area contributed by atoms with E-state index in [9.17, 15) is 5.11 Å². The van der Waals surface area contributed by atoms with Crippen LogP contribution in [-0.2, 0) is 13.0 Å². The molecule has 1 fully saturated rings. The molecule has 1 aliphatic carbocycles. The lowest BCUT2D eigenvalue weighted by atomic mass is 9.85. The minimum atomic E-state index is -0.469. The molecule has 19 heavy (non-hydrogen) atoms. The van der Waals surface area contributed by atoms with Crippen LogP contribution in [0.4, 0.5) is 5.69 Å². The average Bonchev–Trinajstić information content (AvgIpc) is 2.88. The fourth-order valence-corrected chi connectivity index (χ4v) is 3.37. The molecule has 0 radical (unpaired) electrons. The molecule has 0 amide bonds. The van der Waals surface area contributed by atoms with Gasteiger partial charge in [-0.15, -0.1) is 0 Å². The summed E-state index contributed by atoms with van der Waals surface area (Å²) in [5.41, 5.74) is 3.60. The minimum absolute atomic E-state index is 0.469. The molecule has 0 atom stereocenters. The molecule has 0 saturated heterocycles. The van der Waals surface area contributed by atoms with Gasteiger partial charge in [0, 0.05) is 25.3 Å². The predicted octanol–water partition coefficient (Wildman–Crippen LogP) is 2.44. The van der Waals surface area contributed by atoms with Gasteiger partial charge in [-0.2, -0.15) is 0 Å². The topological polar surface area (TPSA) is 44.3 Å². The van der Waals surface area contributed by atoms with Crippen LogP contribution in [0.5, 0.6) is 0 Å². The van der Waals surface area contributed by atoms with Gasteiger partial charge in [0.25, 0.3) is 0 Å². The van der Waals surface area contributed by atoms with Crippen LogP contribution in [0.1, 0.15) is 43.2 Å². The molecule has 0 unspecified atom stereocenters. The summed E-state index contributed by atoms with van der Waals surface area (Å²) in [7, 11) is 0. The molecule has 0 bridgehead atoms. The average molecular weight is 260 g/mol. The maximum absolute atomic E-state index is 10.5. The van der Waals surface area contributed by atoms with Crippen LogP contribution in [-0.4, -0.2) is 23.8 Å². The lowest BCUT2D eigenvalue weighted by Crippen LogP contribution is -2.41. The molecule has 2 aliphatic rings. The number of fused-ring (bicyclic) bond motifs is 1. The van der Waals surface area contributed by atoms with Crippen LogP contribution >= 0.6 is 0 Å². The summed E-state index contributed by atoms with van der Waals surface area (Å²) in [6, 6.07) is 6.51. The zero-order chi connectivity index (χ0) is 13.1. The number of aliphatic hydroxyl groups is 1. The van der Waals surface area contributed by atoms with Gasteiger partial charge in [0.2, 0.25) is 0 Å². The van der Waals surface area contributed by atoms with E-state index in [1.807, 2.05) is 0 Å². The number of anilines is 1. The summed E-state index contributed by atoms with van der Waals surface area (Å²) in [4.78, 5) is 0. The Hall–Kier alpha value is -1.06. The van der Waals surface area contributed by atoms with Crippen LogP contribution in [0.3, 0.4) is 0 Å². The standard InChI is InChI=1S/C16H24N2O/c19-16(8-2-1-3-9-16)12-17-11-14-6-4-5-13-7-10-18-15(13)14/h4-6,17-19H,1-3,7-12H2. The molecule has 3 nitrogen and oxygen atoms in total. The Morgan fingerprint density at radius 1 is 1.21 bits per heavy atom. The van der Waals surface area contributed by atoms with Crippen molar-refractivity contribution in [1.29, 1.82) is 0 Å². The van der Waals surface area contributed by atoms with Crippen molar-refractivity contribution >= 4 is 5.69 Å². The van der Waals surface area contributed by atoms with Gasteiger partial charge in [0.15, 0.2) is 0 Å². The summed E-state index contributed by atoms with van der Waals surface area (Å²) in [5, 5.41) is 17.4. The number of hydrogen-bond acceptors (Lipinski definition) is 3. The number of para-hydroxylation sites is 1. The number of nitrogens with one attached hydrogen (secondary N) is 2. The number of rotatable bonds is 4. The molecule has 1 saturated carbocycles. The van der Waals surface area contributed by atoms with Gasteiger partial charge < -0.3 is 15.7 Å². The molecule has 104 valence electrons. The van der Waals surface area contributed by atoms with Crippen LogP contribution in [0, 0.1) is 0 Å². The Kier molecular flexibility index (Phi) is 3.76. The van der Waals surface area contributed by atoms with E-state index in [2.05, 4.69) is 28.8 Å². The first-order valence-corrected chi connectivity index (χ1v) is 7.55. The van der Waals surface area contributed by atoms with Gasteiger partial charge in [0.05, 0.1) is 5.60 Å². The molecule has 0 spiro atoms. The van der Waals surface area contributed by atoms with Gasteiger partial charge >= 0.3 is 0 Å². The minimum Gasteiger partial charge on any atom is -0.389 e. The quantitative estimate of drug-likeness (QED) is 0.779. The van der Waals surface area contributed by atoms with E-state index in [1.54, 1.807) is 0 Å². The maximum Gasteiger partial charge on any atom is 0.0771 e. The van der Waals surface area contributed by atoms with Crippen molar-refractivity contribution in [3.63, 3.8) is 0 Å². The molecular formula is C16H24N2O. The zero-order valence-corrected chi connectivity index (χ0v) is 11.5. The third-order valence-corrected chi connectivity index (χ3v) is 4.49. The predicted molar refractivity (Wildman–Crippen MR) is 78.4 cm³/mol. The lowest BCUT2D eigenvalue weighted by molar-refractivity contribution is 0.00468. The molecule has 3 rings (SSSR count). The van der Waals surface area contributed by atoms with E-state index in [4.69, 9.17) is 0 Å². The molecule has 1 aliphatic heterocycles. The summed E-state index contributed by atoms with van der Waals surface area (Å²) in [6.07, 6.45) is 6.64. The SMILES string of the molecule is OC1(CNCc2cccc3c2NCC3)CCCCC1. The van der Waals surface area contributed by atoms with Gasteiger partial charge in [-0.05, 0) is 30.4 Å². The Balaban J connectivity index is 1.56. The van der Waals surface area contributed by atoms with Gasteiger partial charge in [-0.3, -0.25) is 0 Å². The fraction of sp³-hybridized carbons (Fsp3) is 0.625. The highest BCUT2D eigenvalue weighted by Crippen LogP contribution is 2.28. The van der Waals surface area contributed by atoms with Gasteiger partial charge in [-0.1, -0.05) is 37.5 Å². The second kappa shape index (κ2) is 5.51. The van der Waals surface area contributed by atoms with Crippen molar-refractivity contribution in [1.82, 2.24) is 5.32 Å². The molecule has 1 aromatic carbocycles. The smallest absolute Gasteiger partial charge is 0.0771 e. The van der Waals surface area contributed by atoms with Crippen molar-refractivity contribution < 1.29 is 5.11 Å². The molecule has 3 N–H and O–H groups in total. The zero-order valence-electron chi connectivity index (χ0n) is 11.5. The highest BCUT2D eigenvalue weighted by molar-refractivity contribution is 5.61. The molecule has 3 heteroatoms. The summed E-state index contributed by atoms with van der Waals surface area (Å²) in [6.45, 7) is 2.62. The Morgan fingerprint density at radius 3 is 2.89 bits per heavy atom. The fourth-order valence-electron chi connectivity index (χ4n) is 3.37. The van der Waals surface area contributed by atoms with Crippen LogP contribution in [0.15, 0.2) is 18.2 Å². The van der Waals surface area contributed by atoms with E-state index < -0.39 is 5.60 Å². The van der Waals surface area contributed by atoms with Crippen molar-refractivity contribution in [2.75, 3.05) is 18.4 Å². The van der Waals surface area contributed by atoms with E-state index in [-0.39, 0.29) is 0 Å². The molecule has 1 aromatic rings. The second-order valence-corrected chi connectivity index (χ2v) is 6.02. The summed E-state index contributed by atoms with van der Waals surface area (Å²) >= 11 is 0. The Bertz CT molecular complexity index is 438. The summed E-state index contributed by atoms with van der Waals surface area (Å²) in [5.74, 6) is 0. The molecule has 1 heterocycles. The van der Waals surface area contributed by atoms with Crippen LogP contribution in [0.2, 0.25) is 0 Å². The lowest BCUT2D eigenvalue weighted by Gasteiger charge is -2.32. The number of hydrogen-bond donors (Lipinski definition) is 3. The van der Waals surface area contributed by atoms with E-state index in [0.717, 1.165) is 38.9 Å². The Labute approximate surface area is 115 Å². The van der Waals surface area contributed by atoms with E-state index >= 15 is 0 Å². The third kappa shape index (κ3) is 2.93.